The number of furan rings is 1. The molecular formula is C13H10BrClO2. The van der Waals surface area contributed by atoms with E-state index in [2.05, 4.69) is 15.9 Å². The fraction of sp³-hybridized carbons (Fsp3) is 0.154. The molecule has 0 saturated carbocycles. The highest BCUT2D eigenvalue weighted by Crippen LogP contribution is 2.24. The third kappa shape index (κ3) is 2.45. The lowest BCUT2D eigenvalue weighted by Crippen LogP contribution is -2.03. The molecule has 88 valence electrons. The van der Waals surface area contributed by atoms with E-state index in [0.29, 0.717) is 5.56 Å². The molecule has 0 atom stereocenters. The molecule has 2 nitrogen and oxygen atoms in total. The average Bonchev–Trinajstić information content (AvgIpc) is 2.69. The van der Waals surface area contributed by atoms with E-state index in [9.17, 15) is 4.79 Å². The van der Waals surface area contributed by atoms with Gasteiger partial charge in [0, 0.05) is 10.0 Å². The number of aryl methyl sites for hydroxylation is 2. The molecule has 0 amide bonds. The Morgan fingerprint density at radius 3 is 2.53 bits per heavy atom. The van der Waals surface area contributed by atoms with Crippen LogP contribution in [0.15, 0.2) is 33.2 Å². The van der Waals surface area contributed by atoms with Crippen LogP contribution in [0.2, 0.25) is 5.22 Å². The lowest BCUT2D eigenvalue weighted by Gasteiger charge is -2.06. The van der Waals surface area contributed by atoms with Crippen LogP contribution in [0.1, 0.15) is 27.2 Å². The number of carbonyl (C=O) groups is 1. The largest absolute Gasteiger partial charge is 0.441 e. The Labute approximate surface area is 113 Å². The Kier molecular flexibility index (Phi) is 3.40. The van der Waals surface area contributed by atoms with Crippen LogP contribution < -0.4 is 0 Å². The second-order valence-electron chi connectivity index (χ2n) is 3.85. The topological polar surface area (TPSA) is 30.2 Å². The zero-order valence-electron chi connectivity index (χ0n) is 9.38. The first-order valence-corrected chi connectivity index (χ1v) is 6.23. The SMILES string of the molecule is Cc1cc(C(=O)c2ccc(Cl)o2)c(C)cc1Br. The number of ketones is 1. The molecule has 1 aromatic heterocycles. The molecule has 17 heavy (non-hydrogen) atoms. The highest BCUT2D eigenvalue weighted by molar-refractivity contribution is 9.10. The van der Waals surface area contributed by atoms with E-state index in [1.807, 2.05) is 26.0 Å². The molecule has 0 fully saturated rings. The van der Waals surface area contributed by atoms with Gasteiger partial charge in [0.05, 0.1) is 0 Å². The Morgan fingerprint density at radius 1 is 1.24 bits per heavy atom. The van der Waals surface area contributed by atoms with E-state index in [1.165, 1.54) is 0 Å². The van der Waals surface area contributed by atoms with Gasteiger partial charge in [-0.15, -0.1) is 0 Å². The van der Waals surface area contributed by atoms with Crippen LogP contribution in [-0.2, 0) is 0 Å². The molecule has 0 radical (unpaired) electrons. The molecule has 1 heterocycles. The molecule has 4 heteroatoms. The Balaban J connectivity index is 2.47. The van der Waals surface area contributed by atoms with Gasteiger partial charge in [-0.25, -0.2) is 0 Å². The van der Waals surface area contributed by atoms with Gasteiger partial charge in [0.15, 0.2) is 11.0 Å². The maximum absolute atomic E-state index is 12.2. The van der Waals surface area contributed by atoms with Crippen molar-refractivity contribution in [2.24, 2.45) is 0 Å². The summed E-state index contributed by atoms with van der Waals surface area (Å²) in [5, 5.41) is 0.222. The smallest absolute Gasteiger partial charge is 0.228 e. The van der Waals surface area contributed by atoms with Crippen LogP contribution in [-0.4, -0.2) is 5.78 Å². The normalized spacial score (nSPS) is 10.6. The van der Waals surface area contributed by atoms with Gasteiger partial charge in [-0.05, 0) is 60.8 Å². The van der Waals surface area contributed by atoms with Crippen molar-refractivity contribution in [1.29, 1.82) is 0 Å². The van der Waals surface area contributed by atoms with Crippen molar-refractivity contribution in [1.82, 2.24) is 0 Å². The summed E-state index contributed by atoms with van der Waals surface area (Å²) in [5.74, 6) is 0.116. The zero-order chi connectivity index (χ0) is 12.6. The van der Waals surface area contributed by atoms with Crippen molar-refractivity contribution >= 4 is 33.3 Å². The maximum atomic E-state index is 12.2. The van der Waals surface area contributed by atoms with Gasteiger partial charge in [0.2, 0.25) is 5.78 Å². The molecule has 0 aliphatic carbocycles. The van der Waals surface area contributed by atoms with Crippen LogP contribution in [0, 0.1) is 13.8 Å². The molecule has 0 N–H and O–H groups in total. The van der Waals surface area contributed by atoms with Crippen molar-refractivity contribution < 1.29 is 9.21 Å². The van der Waals surface area contributed by atoms with E-state index in [1.54, 1.807) is 12.1 Å². The molecular weight excluding hydrogens is 303 g/mol. The highest BCUT2D eigenvalue weighted by atomic mass is 79.9. The maximum Gasteiger partial charge on any atom is 0.228 e. The fourth-order valence-electron chi connectivity index (χ4n) is 1.59. The zero-order valence-corrected chi connectivity index (χ0v) is 11.7. The highest BCUT2D eigenvalue weighted by Gasteiger charge is 2.16. The van der Waals surface area contributed by atoms with Gasteiger partial charge in [-0.2, -0.15) is 0 Å². The number of halogens is 2. The third-order valence-electron chi connectivity index (χ3n) is 2.55. The van der Waals surface area contributed by atoms with Gasteiger partial charge < -0.3 is 4.42 Å². The number of carbonyl (C=O) groups excluding carboxylic acids is 1. The van der Waals surface area contributed by atoms with E-state index in [0.717, 1.165) is 15.6 Å². The van der Waals surface area contributed by atoms with Crippen molar-refractivity contribution in [3.63, 3.8) is 0 Å². The Bertz CT molecular complexity index is 587. The monoisotopic (exact) mass is 312 g/mol. The van der Waals surface area contributed by atoms with Crippen LogP contribution in [0.5, 0.6) is 0 Å². The van der Waals surface area contributed by atoms with E-state index >= 15 is 0 Å². The second-order valence-corrected chi connectivity index (χ2v) is 5.08. The predicted octanol–water partition coefficient (Wildman–Crippen LogP) is 4.54. The average molecular weight is 314 g/mol. The van der Waals surface area contributed by atoms with Crippen molar-refractivity contribution in [2.45, 2.75) is 13.8 Å². The molecule has 0 saturated heterocycles. The first-order chi connectivity index (χ1) is 7.99. The summed E-state index contributed by atoms with van der Waals surface area (Å²) in [6, 6.07) is 6.92. The first-order valence-electron chi connectivity index (χ1n) is 5.06. The van der Waals surface area contributed by atoms with Crippen LogP contribution in [0.4, 0.5) is 0 Å². The van der Waals surface area contributed by atoms with Crippen molar-refractivity contribution in [3.8, 4) is 0 Å². The molecule has 2 rings (SSSR count). The molecule has 0 bridgehead atoms. The Hall–Kier alpha value is -1.06. The van der Waals surface area contributed by atoms with Gasteiger partial charge in [-0.3, -0.25) is 4.79 Å². The van der Waals surface area contributed by atoms with Crippen LogP contribution >= 0.6 is 27.5 Å². The lowest BCUT2D eigenvalue weighted by molar-refractivity contribution is 0.101. The van der Waals surface area contributed by atoms with Gasteiger partial charge in [0.25, 0.3) is 0 Å². The van der Waals surface area contributed by atoms with E-state index < -0.39 is 0 Å². The van der Waals surface area contributed by atoms with Crippen LogP contribution in [0.25, 0.3) is 0 Å². The quantitative estimate of drug-likeness (QED) is 0.762. The fourth-order valence-corrected chi connectivity index (χ4v) is 2.20. The summed E-state index contributed by atoms with van der Waals surface area (Å²) >= 11 is 9.10. The molecule has 0 unspecified atom stereocenters. The van der Waals surface area contributed by atoms with Gasteiger partial charge >= 0.3 is 0 Å². The standard InChI is InChI=1S/C13H10BrClO2/c1-7-6-10(14)8(2)5-9(7)13(16)11-3-4-12(15)17-11/h3-6H,1-2H3. The molecule has 0 aliphatic heterocycles. The molecule has 1 aromatic carbocycles. The summed E-state index contributed by atoms with van der Waals surface area (Å²) in [7, 11) is 0. The van der Waals surface area contributed by atoms with Gasteiger partial charge in [-0.1, -0.05) is 15.9 Å². The van der Waals surface area contributed by atoms with Crippen LogP contribution in [0.3, 0.4) is 0 Å². The lowest BCUT2D eigenvalue weighted by atomic mass is 10.0. The number of hydrogen-bond acceptors (Lipinski definition) is 2. The second kappa shape index (κ2) is 4.67. The predicted molar refractivity (Wildman–Crippen MR) is 70.8 cm³/mol. The molecule has 0 aliphatic rings. The summed E-state index contributed by atoms with van der Waals surface area (Å²) < 4.78 is 6.12. The first kappa shape index (κ1) is 12.4. The van der Waals surface area contributed by atoms with Crippen molar-refractivity contribution in [2.75, 3.05) is 0 Å². The molecule has 0 spiro atoms. The van der Waals surface area contributed by atoms with Crippen molar-refractivity contribution in [3.05, 3.63) is 56.4 Å². The van der Waals surface area contributed by atoms with Gasteiger partial charge in [0.1, 0.15) is 0 Å². The minimum Gasteiger partial charge on any atom is -0.441 e. The van der Waals surface area contributed by atoms with E-state index in [4.69, 9.17) is 16.0 Å². The summed E-state index contributed by atoms with van der Waals surface area (Å²) in [5.41, 5.74) is 2.55. The molecule has 2 aromatic rings. The summed E-state index contributed by atoms with van der Waals surface area (Å²) in [4.78, 5) is 12.2. The number of hydrogen-bond donors (Lipinski definition) is 0. The summed E-state index contributed by atoms with van der Waals surface area (Å²) in [6.07, 6.45) is 0. The number of rotatable bonds is 2. The minimum atomic E-state index is -0.148. The minimum absolute atomic E-state index is 0.148. The number of benzene rings is 1. The summed E-state index contributed by atoms with van der Waals surface area (Å²) in [6.45, 7) is 3.83. The third-order valence-corrected chi connectivity index (χ3v) is 3.60. The Morgan fingerprint density at radius 2 is 1.94 bits per heavy atom. The van der Waals surface area contributed by atoms with E-state index in [-0.39, 0.29) is 16.8 Å².